The molecule has 1 aliphatic heterocycles. The lowest BCUT2D eigenvalue weighted by atomic mass is 10.3. The molecule has 7 nitrogen and oxygen atoms in total. The number of rotatable bonds is 5. The number of aliphatic hydroxyl groups excluding tert-OH is 1. The first-order chi connectivity index (χ1) is 9.24. The van der Waals surface area contributed by atoms with E-state index in [-0.39, 0.29) is 12.3 Å². The standard InChI is InChI=1S/C12H19N3O4/c1-2-18-11(17)10-9-19-12(13-10)15-5-3-14(4-6-15)7-8-16/h9,16H,2-8H2,1H3. The van der Waals surface area contributed by atoms with E-state index in [4.69, 9.17) is 14.3 Å². The molecule has 0 bridgehead atoms. The van der Waals surface area contributed by atoms with Crippen LogP contribution in [-0.4, -0.2) is 66.9 Å². The molecule has 2 rings (SSSR count). The molecule has 1 aromatic rings. The van der Waals surface area contributed by atoms with Crippen LogP contribution in [0.15, 0.2) is 10.7 Å². The van der Waals surface area contributed by atoms with Gasteiger partial charge in [-0.1, -0.05) is 0 Å². The number of aliphatic hydroxyl groups is 1. The van der Waals surface area contributed by atoms with Crippen LogP contribution in [0.2, 0.25) is 0 Å². The van der Waals surface area contributed by atoms with Gasteiger partial charge >= 0.3 is 5.97 Å². The molecule has 1 aromatic heterocycles. The van der Waals surface area contributed by atoms with Gasteiger partial charge in [-0.15, -0.1) is 0 Å². The Bertz CT molecular complexity index is 413. The van der Waals surface area contributed by atoms with Crippen LogP contribution in [0.3, 0.4) is 0 Å². The van der Waals surface area contributed by atoms with Gasteiger partial charge in [0.25, 0.3) is 6.01 Å². The number of piperazine rings is 1. The van der Waals surface area contributed by atoms with E-state index in [2.05, 4.69) is 9.88 Å². The molecule has 1 fully saturated rings. The van der Waals surface area contributed by atoms with Crippen molar-refractivity contribution in [3.8, 4) is 0 Å². The fourth-order valence-electron chi connectivity index (χ4n) is 2.01. The van der Waals surface area contributed by atoms with Crippen molar-refractivity contribution in [2.45, 2.75) is 6.92 Å². The quantitative estimate of drug-likeness (QED) is 0.752. The van der Waals surface area contributed by atoms with Crippen LogP contribution < -0.4 is 4.90 Å². The third-order valence-electron chi connectivity index (χ3n) is 3.04. The molecular formula is C12H19N3O4. The molecule has 106 valence electrons. The van der Waals surface area contributed by atoms with Gasteiger partial charge in [0.15, 0.2) is 5.69 Å². The molecule has 0 unspecified atom stereocenters. The summed E-state index contributed by atoms with van der Waals surface area (Å²) >= 11 is 0. The smallest absolute Gasteiger partial charge is 0.360 e. The number of ether oxygens (including phenoxy) is 1. The second kappa shape index (κ2) is 6.53. The van der Waals surface area contributed by atoms with Crippen molar-refractivity contribution < 1.29 is 19.1 Å². The van der Waals surface area contributed by atoms with Gasteiger partial charge in [-0.05, 0) is 6.92 Å². The van der Waals surface area contributed by atoms with Gasteiger partial charge in [-0.2, -0.15) is 4.98 Å². The number of carbonyl (C=O) groups excluding carboxylic acids is 1. The highest BCUT2D eigenvalue weighted by molar-refractivity contribution is 5.87. The SMILES string of the molecule is CCOC(=O)c1coc(N2CCN(CCO)CC2)n1. The Labute approximate surface area is 111 Å². The van der Waals surface area contributed by atoms with Gasteiger partial charge < -0.3 is 19.2 Å². The summed E-state index contributed by atoms with van der Waals surface area (Å²) in [6, 6.07) is 0.451. The number of hydrogen-bond acceptors (Lipinski definition) is 7. The summed E-state index contributed by atoms with van der Waals surface area (Å²) in [5.74, 6) is -0.462. The van der Waals surface area contributed by atoms with Crippen molar-refractivity contribution in [1.29, 1.82) is 0 Å². The number of carbonyl (C=O) groups is 1. The van der Waals surface area contributed by atoms with E-state index in [1.165, 1.54) is 6.26 Å². The highest BCUT2D eigenvalue weighted by atomic mass is 16.5. The van der Waals surface area contributed by atoms with Crippen LogP contribution in [0.4, 0.5) is 6.01 Å². The van der Waals surface area contributed by atoms with Gasteiger partial charge in [-0.25, -0.2) is 4.79 Å². The molecule has 2 heterocycles. The first-order valence-electron chi connectivity index (χ1n) is 6.45. The fourth-order valence-corrected chi connectivity index (χ4v) is 2.01. The molecule has 1 aliphatic rings. The van der Waals surface area contributed by atoms with Gasteiger partial charge in [0.1, 0.15) is 6.26 Å². The zero-order valence-electron chi connectivity index (χ0n) is 11.0. The normalized spacial score (nSPS) is 16.6. The number of hydrogen-bond donors (Lipinski definition) is 1. The lowest BCUT2D eigenvalue weighted by Gasteiger charge is -2.33. The molecule has 0 aliphatic carbocycles. The van der Waals surface area contributed by atoms with E-state index in [1.807, 2.05) is 4.90 Å². The second-order valence-electron chi connectivity index (χ2n) is 4.29. The summed E-state index contributed by atoms with van der Waals surface area (Å²) in [5.41, 5.74) is 0.203. The summed E-state index contributed by atoms with van der Waals surface area (Å²) in [6.45, 7) is 6.15. The van der Waals surface area contributed by atoms with Crippen LogP contribution in [0.25, 0.3) is 0 Å². The highest BCUT2D eigenvalue weighted by Gasteiger charge is 2.22. The molecule has 0 amide bonds. The second-order valence-corrected chi connectivity index (χ2v) is 4.29. The molecule has 7 heteroatoms. The molecule has 19 heavy (non-hydrogen) atoms. The van der Waals surface area contributed by atoms with Crippen molar-refractivity contribution in [2.75, 3.05) is 50.8 Å². The van der Waals surface area contributed by atoms with Gasteiger partial charge in [0.2, 0.25) is 0 Å². The van der Waals surface area contributed by atoms with E-state index in [0.29, 0.717) is 19.2 Å². The predicted molar refractivity (Wildman–Crippen MR) is 68.2 cm³/mol. The summed E-state index contributed by atoms with van der Waals surface area (Å²) in [5, 5.41) is 8.88. The zero-order chi connectivity index (χ0) is 13.7. The van der Waals surface area contributed by atoms with Crippen molar-refractivity contribution in [3.05, 3.63) is 12.0 Å². The van der Waals surface area contributed by atoms with Crippen LogP contribution in [-0.2, 0) is 4.74 Å². The third kappa shape index (κ3) is 3.45. The summed E-state index contributed by atoms with van der Waals surface area (Å²) < 4.78 is 10.2. The van der Waals surface area contributed by atoms with Crippen LogP contribution in [0.1, 0.15) is 17.4 Å². The number of nitrogens with zero attached hydrogens (tertiary/aromatic N) is 3. The molecule has 0 radical (unpaired) electrons. The predicted octanol–water partition coefficient (Wildman–Crippen LogP) is -0.0344. The van der Waals surface area contributed by atoms with Gasteiger partial charge in [-0.3, -0.25) is 4.90 Å². The van der Waals surface area contributed by atoms with Crippen molar-refractivity contribution in [3.63, 3.8) is 0 Å². The van der Waals surface area contributed by atoms with Crippen LogP contribution >= 0.6 is 0 Å². The van der Waals surface area contributed by atoms with E-state index < -0.39 is 5.97 Å². The Morgan fingerprint density at radius 2 is 2.21 bits per heavy atom. The molecule has 0 spiro atoms. The first kappa shape index (κ1) is 13.8. The monoisotopic (exact) mass is 269 g/mol. The van der Waals surface area contributed by atoms with Gasteiger partial charge in [0.05, 0.1) is 13.2 Å². The van der Waals surface area contributed by atoms with Gasteiger partial charge in [0, 0.05) is 32.7 Å². The highest BCUT2D eigenvalue weighted by Crippen LogP contribution is 2.16. The maximum absolute atomic E-state index is 11.5. The van der Waals surface area contributed by atoms with Crippen LogP contribution in [0, 0.1) is 0 Å². The average molecular weight is 269 g/mol. The van der Waals surface area contributed by atoms with E-state index >= 15 is 0 Å². The third-order valence-corrected chi connectivity index (χ3v) is 3.04. The lowest BCUT2D eigenvalue weighted by molar-refractivity contribution is 0.0519. The number of aromatic nitrogens is 1. The van der Waals surface area contributed by atoms with Crippen LogP contribution in [0.5, 0.6) is 0 Å². The minimum Gasteiger partial charge on any atom is -0.461 e. The molecular weight excluding hydrogens is 250 g/mol. The molecule has 1 saturated heterocycles. The largest absolute Gasteiger partial charge is 0.461 e. The van der Waals surface area contributed by atoms with Crippen molar-refractivity contribution in [1.82, 2.24) is 9.88 Å². The average Bonchev–Trinajstić information content (AvgIpc) is 2.90. The Hall–Kier alpha value is -1.60. The number of β-amino-alcohol motifs (C(OH)–C–C–N with tert-alkyl or cyclic N) is 1. The number of esters is 1. The first-order valence-corrected chi connectivity index (χ1v) is 6.45. The summed E-state index contributed by atoms with van der Waals surface area (Å²) in [4.78, 5) is 19.8. The van der Waals surface area contributed by atoms with E-state index in [1.54, 1.807) is 6.92 Å². The zero-order valence-corrected chi connectivity index (χ0v) is 11.0. The topological polar surface area (TPSA) is 79.0 Å². The molecule has 0 atom stereocenters. The van der Waals surface area contributed by atoms with E-state index in [9.17, 15) is 4.79 Å². The molecule has 1 N–H and O–H groups in total. The van der Waals surface area contributed by atoms with E-state index in [0.717, 1.165) is 26.2 Å². The number of anilines is 1. The van der Waals surface area contributed by atoms with Crippen molar-refractivity contribution in [2.24, 2.45) is 0 Å². The maximum Gasteiger partial charge on any atom is 0.360 e. The number of oxazole rings is 1. The Morgan fingerprint density at radius 1 is 1.47 bits per heavy atom. The van der Waals surface area contributed by atoms with Crippen molar-refractivity contribution >= 4 is 12.0 Å². The lowest BCUT2D eigenvalue weighted by Crippen LogP contribution is -2.47. The summed E-state index contributed by atoms with van der Waals surface area (Å²) in [6.07, 6.45) is 1.33. The minimum absolute atomic E-state index is 0.173. The molecule has 0 saturated carbocycles. The Morgan fingerprint density at radius 3 is 2.84 bits per heavy atom. The summed E-state index contributed by atoms with van der Waals surface area (Å²) in [7, 11) is 0. The Kier molecular flexibility index (Phi) is 4.75. The maximum atomic E-state index is 11.5. The molecule has 0 aromatic carbocycles. The fraction of sp³-hybridized carbons (Fsp3) is 0.667. The Balaban J connectivity index is 1.91. The minimum atomic E-state index is -0.462.